The number of aromatic nitrogens is 4. The van der Waals surface area contributed by atoms with Crippen molar-refractivity contribution in [2.24, 2.45) is 11.8 Å². The van der Waals surface area contributed by atoms with Crippen LogP contribution in [0.3, 0.4) is 0 Å². The number of fused-ring (bicyclic) bond motifs is 3. The van der Waals surface area contributed by atoms with Crippen molar-refractivity contribution in [1.29, 1.82) is 0 Å². The molecule has 0 amide bonds. The van der Waals surface area contributed by atoms with Crippen LogP contribution in [0.1, 0.15) is 31.7 Å². The van der Waals surface area contributed by atoms with Crippen molar-refractivity contribution >= 4 is 29.3 Å². The summed E-state index contributed by atoms with van der Waals surface area (Å²) in [6.07, 6.45) is 1.17. The van der Waals surface area contributed by atoms with Crippen LogP contribution in [0.5, 0.6) is 0 Å². The van der Waals surface area contributed by atoms with Crippen molar-refractivity contribution in [3.63, 3.8) is 0 Å². The minimum Gasteiger partial charge on any atom is -0.408 e. The minimum absolute atomic E-state index is 0.156. The van der Waals surface area contributed by atoms with Gasteiger partial charge in [-0.3, -0.25) is 0 Å². The highest BCUT2D eigenvalue weighted by atomic mass is 19.1. The Morgan fingerprint density at radius 1 is 1.09 bits per heavy atom. The molecule has 1 aromatic carbocycles. The van der Waals surface area contributed by atoms with Gasteiger partial charge in [-0.25, -0.2) is 4.39 Å². The molecular formula is C24H29FN8O. The molecule has 5 heterocycles. The van der Waals surface area contributed by atoms with Crippen molar-refractivity contribution in [2.75, 3.05) is 47.1 Å². The summed E-state index contributed by atoms with van der Waals surface area (Å²) in [5, 5.41) is 15.1. The predicted octanol–water partition coefficient (Wildman–Crippen LogP) is 3.71. The van der Waals surface area contributed by atoms with Gasteiger partial charge in [0.15, 0.2) is 0 Å². The van der Waals surface area contributed by atoms with Gasteiger partial charge in [-0.05, 0) is 42.5 Å². The fourth-order valence-electron chi connectivity index (χ4n) is 5.74. The van der Waals surface area contributed by atoms with E-state index in [2.05, 4.69) is 44.5 Å². The molecule has 9 nitrogen and oxygen atoms in total. The highest BCUT2D eigenvalue weighted by Gasteiger charge is 2.48. The molecule has 34 heavy (non-hydrogen) atoms. The van der Waals surface area contributed by atoms with Crippen LogP contribution < -0.4 is 20.4 Å². The van der Waals surface area contributed by atoms with E-state index in [1.54, 1.807) is 12.1 Å². The number of nitrogens with zero attached hydrogens (tertiary/aromatic N) is 6. The molecule has 4 aliphatic rings. The number of nitrogens with one attached hydrogen (secondary N) is 2. The molecule has 3 aliphatic heterocycles. The van der Waals surface area contributed by atoms with Gasteiger partial charge in [0, 0.05) is 56.3 Å². The van der Waals surface area contributed by atoms with E-state index in [0.717, 1.165) is 42.5 Å². The van der Waals surface area contributed by atoms with Gasteiger partial charge in [-0.1, -0.05) is 18.9 Å². The fourth-order valence-corrected chi connectivity index (χ4v) is 5.74. The molecule has 3 fully saturated rings. The number of piperidine rings is 2. The third kappa shape index (κ3) is 3.35. The van der Waals surface area contributed by atoms with E-state index in [1.807, 2.05) is 14.0 Å². The Balaban J connectivity index is 1.28. The van der Waals surface area contributed by atoms with E-state index in [-0.39, 0.29) is 11.2 Å². The van der Waals surface area contributed by atoms with Gasteiger partial charge in [-0.2, -0.15) is 9.97 Å². The Labute approximate surface area is 197 Å². The van der Waals surface area contributed by atoms with E-state index < -0.39 is 0 Å². The molecule has 0 spiro atoms. The van der Waals surface area contributed by atoms with Gasteiger partial charge in [0.1, 0.15) is 17.5 Å². The fraction of sp³-hybridized carbons (Fsp3) is 0.500. The van der Waals surface area contributed by atoms with Gasteiger partial charge in [0.05, 0.1) is 0 Å². The largest absolute Gasteiger partial charge is 0.408 e. The Morgan fingerprint density at radius 2 is 1.82 bits per heavy atom. The van der Waals surface area contributed by atoms with Crippen molar-refractivity contribution < 1.29 is 8.81 Å². The third-order valence-electron chi connectivity index (χ3n) is 7.36. The topological polar surface area (TPSA) is 95.2 Å². The number of hydrogen-bond acceptors (Lipinski definition) is 9. The summed E-state index contributed by atoms with van der Waals surface area (Å²) >= 11 is 0. The second-order valence-electron chi connectivity index (χ2n) is 10.2. The third-order valence-corrected chi connectivity index (χ3v) is 7.36. The number of hydrogen-bond donors (Lipinski definition) is 2. The normalized spacial score (nSPS) is 24.6. The molecular weight excluding hydrogens is 435 g/mol. The number of benzene rings is 1. The van der Waals surface area contributed by atoms with E-state index in [0.29, 0.717) is 35.7 Å². The van der Waals surface area contributed by atoms with Crippen LogP contribution in [0.15, 0.2) is 28.7 Å². The monoisotopic (exact) mass is 464 g/mol. The maximum Gasteiger partial charge on any atom is 0.318 e. The first-order valence-electron chi connectivity index (χ1n) is 11.8. The minimum atomic E-state index is -0.246. The summed E-state index contributed by atoms with van der Waals surface area (Å²) in [7, 11) is 1.89. The summed E-state index contributed by atoms with van der Waals surface area (Å²) in [5.41, 5.74) is 1.85. The van der Waals surface area contributed by atoms with Crippen molar-refractivity contribution in [3.8, 4) is 0 Å². The average Bonchev–Trinajstić information content (AvgIpc) is 3.38. The zero-order chi connectivity index (χ0) is 23.6. The van der Waals surface area contributed by atoms with E-state index in [9.17, 15) is 4.39 Å². The summed E-state index contributed by atoms with van der Waals surface area (Å²) in [6.45, 7) is 8.68. The van der Waals surface area contributed by atoms with Crippen molar-refractivity contribution in [2.45, 2.75) is 38.6 Å². The molecule has 2 saturated heterocycles. The average molecular weight is 465 g/mol. The first-order valence-corrected chi connectivity index (χ1v) is 11.8. The molecule has 0 radical (unpaired) electrons. The molecule has 3 aromatic rings. The van der Waals surface area contributed by atoms with Gasteiger partial charge in [-0.15, -0.1) is 5.10 Å². The molecule has 2 N–H and O–H groups in total. The van der Waals surface area contributed by atoms with Crippen LogP contribution in [-0.2, 0) is 5.41 Å². The summed E-state index contributed by atoms with van der Waals surface area (Å²) in [5.74, 6) is 3.58. The summed E-state index contributed by atoms with van der Waals surface area (Å²) in [6, 6.07) is 7.50. The molecule has 2 atom stereocenters. The second kappa shape index (κ2) is 7.54. The molecule has 2 aromatic heterocycles. The smallest absolute Gasteiger partial charge is 0.318 e. The highest BCUT2D eigenvalue weighted by molar-refractivity contribution is 5.75. The lowest BCUT2D eigenvalue weighted by molar-refractivity contribution is 0.126. The van der Waals surface area contributed by atoms with Crippen LogP contribution in [0, 0.1) is 24.6 Å². The second-order valence-corrected chi connectivity index (χ2v) is 10.2. The molecule has 7 rings (SSSR count). The molecule has 2 bridgehead atoms. The Hall–Kier alpha value is -3.43. The predicted molar refractivity (Wildman–Crippen MR) is 128 cm³/mol. The van der Waals surface area contributed by atoms with Crippen molar-refractivity contribution in [1.82, 2.24) is 20.2 Å². The standard InChI is InChI=1S/C24H29FN8O/c1-13-30-31-23(34-13)32-10-14-9-15(11-32)19(14)27-22-28-20(26-4)18-21(29-22)33(12-24(18,2)3)17-7-5-16(25)6-8-17/h5-8,14-15,19H,9-12H2,1-4H3,(H2,26,27,28,29). The lowest BCUT2D eigenvalue weighted by Crippen LogP contribution is -2.61. The van der Waals surface area contributed by atoms with Crippen molar-refractivity contribution in [3.05, 3.63) is 41.5 Å². The van der Waals surface area contributed by atoms with E-state index in [4.69, 9.17) is 14.4 Å². The zero-order valence-corrected chi connectivity index (χ0v) is 19.8. The SMILES string of the molecule is CNc1nc(NC2C3CC2CN(c2nnc(C)o2)C3)nc2c1C(C)(C)CN2c1ccc(F)cc1. The maximum absolute atomic E-state index is 13.6. The Morgan fingerprint density at radius 3 is 2.47 bits per heavy atom. The van der Waals surface area contributed by atoms with E-state index in [1.165, 1.54) is 18.6 Å². The van der Waals surface area contributed by atoms with Crippen LogP contribution in [-0.4, -0.2) is 52.9 Å². The van der Waals surface area contributed by atoms with Gasteiger partial charge < -0.3 is 24.9 Å². The van der Waals surface area contributed by atoms with Gasteiger partial charge in [0.2, 0.25) is 11.8 Å². The number of halogens is 1. The van der Waals surface area contributed by atoms with Gasteiger partial charge in [0.25, 0.3) is 0 Å². The molecule has 1 saturated carbocycles. The molecule has 178 valence electrons. The van der Waals surface area contributed by atoms with Crippen LogP contribution in [0.4, 0.5) is 33.7 Å². The highest BCUT2D eigenvalue weighted by Crippen LogP contribution is 2.47. The number of anilines is 5. The van der Waals surface area contributed by atoms with E-state index >= 15 is 0 Å². The zero-order valence-electron chi connectivity index (χ0n) is 19.8. The van der Waals surface area contributed by atoms with Crippen LogP contribution >= 0.6 is 0 Å². The first kappa shape index (κ1) is 21.1. The Bertz CT molecular complexity index is 1210. The lowest BCUT2D eigenvalue weighted by Gasteiger charge is -2.53. The number of rotatable bonds is 5. The van der Waals surface area contributed by atoms with Crippen LogP contribution in [0.2, 0.25) is 0 Å². The quantitative estimate of drug-likeness (QED) is 0.586. The maximum atomic E-state index is 13.6. The summed E-state index contributed by atoms with van der Waals surface area (Å²) < 4.78 is 19.2. The first-order chi connectivity index (χ1) is 16.3. The van der Waals surface area contributed by atoms with Crippen LogP contribution in [0.25, 0.3) is 0 Å². The summed E-state index contributed by atoms with van der Waals surface area (Å²) in [4.78, 5) is 14.2. The number of aryl methyl sites for hydroxylation is 1. The Kier molecular flexibility index (Phi) is 4.69. The van der Waals surface area contributed by atoms with Gasteiger partial charge >= 0.3 is 6.01 Å². The molecule has 10 heteroatoms. The lowest BCUT2D eigenvalue weighted by atomic mass is 9.66. The molecule has 2 unspecified atom stereocenters. The molecule has 1 aliphatic carbocycles.